The fraction of sp³-hybridized carbons (Fsp3) is 0.143. The molecule has 0 fully saturated rings. The number of fused-ring (bicyclic) bond motifs is 1. The molecule has 3 rings (SSSR count). The molecule has 0 aliphatic heterocycles. The molecule has 0 aliphatic rings. The van der Waals surface area contributed by atoms with Gasteiger partial charge in [-0.3, -0.25) is 0 Å². The number of hydrogen-bond acceptors (Lipinski definition) is 3. The molecule has 2 nitrogen and oxygen atoms in total. The molecule has 1 aromatic carbocycles. The first-order valence-electron chi connectivity index (χ1n) is 5.94. The van der Waals surface area contributed by atoms with Gasteiger partial charge in [-0.1, -0.05) is 11.6 Å². The number of thiophene rings is 1. The molecule has 0 aliphatic carbocycles. The Morgan fingerprint density at radius 1 is 1.14 bits per heavy atom. The van der Waals surface area contributed by atoms with Crippen LogP contribution in [0.15, 0.2) is 29.0 Å². The SMILES string of the molecule is Cc1cscc1-c1nc(Cl)c2ccc(C(F)(F)F)cc2n1. The fourth-order valence-corrected chi connectivity index (χ4v) is 3.04. The number of nitrogens with zero attached hydrogens (tertiary/aromatic N) is 2. The van der Waals surface area contributed by atoms with E-state index in [0.717, 1.165) is 23.3 Å². The Hall–Kier alpha value is -1.66. The monoisotopic (exact) mass is 328 g/mol. The summed E-state index contributed by atoms with van der Waals surface area (Å²) in [5.74, 6) is 0.338. The Labute approximate surface area is 127 Å². The van der Waals surface area contributed by atoms with Crippen LogP contribution in [0, 0.1) is 6.92 Å². The maximum Gasteiger partial charge on any atom is 0.416 e. The van der Waals surface area contributed by atoms with Gasteiger partial charge >= 0.3 is 6.18 Å². The van der Waals surface area contributed by atoms with Crippen LogP contribution >= 0.6 is 22.9 Å². The minimum Gasteiger partial charge on any atom is -0.228 e. The van der Waals surface area contributed by atoms with Crippen LogP contribution in [0.5, 0.6) is 0 Å². The lowest BCUT2D eigenvalue weighted by Crippen LogP contribution is -2.05. The van der Waals surface area contributed by atoms with Crippen LogP contribution in [0.3, 0.4) is 0 Å². The van der Waals surface area contributed by atoms with E-state index in [1.54, 1.807) is 0 Å². The van der Waals surface area contributed by atoms with Crippen LogP contribution < -0.4 is 0 Å². The maximum absolute atomic E-state index is 12.8. The molecule has 0 spiro atoms. The van der Waals surface area contributed by atoms with E-state index in [4.69, 9.17) is 11.6 Å². The third-order valence-electron chi connectivity index (χ3n) is 3.07. The minimum absolute atomic E-state index is 0.148. The molecule has 0 atom stereocenters. The number of rotatable bonds is 1. The molecule has 0 amide bonds. The van der Waals surface area contributed by atoms with Crippen LogP contribution in [0.1, 0.15) is 11.1 Å². The fourth-order valence-electron chi connectivity index (χ4n) is 1.98. The third kappa shape index (κ3) is 2.61. The first kappa shape index (κ1) is 14.3. The molecule has 7 heteroatoms. The summed E-state index contributed by atoms with van der Waals surface area (Å²) in [6, 6.07) is 3.27. The van der Waals surface area contributed by atoms with Crippen molar-refractivity contribution in [3.63, 3.8) is 0 Å². The van der Waals surface area contributed by atoms with Crippen LogP contribution in [0.25, 0.3) is 22.3 Å². The molecule has 21 heavy (non-hydrogen) atoms. The zero-order chi connectivity index (χ0) is 15.2. The first-order chi connectivity index (χ1) is 9.86. The molecule has 0 N–H and O–H groups in total. The smallest absolute Gasteiger partial charge is 0.228 e. The molecular formula is C14H8ClF3N2S. The average Bonchev–Trinajstić information content (AvgIpc) is 2.83. The van der Waals surface area contributed by atoms with Gasteiger partial charge in [-0.25, -0.2) is 9.97 Å². The molecule has 2 aromatic heterocycles. The van der Waals surface area contributed by atoms with E-state index in [-0.39, 0.29) is 10.7 Å². The zero-order valence-corrected chi connectivity index (χ0v) is 12.3. The molecule has 2 heterocycles. The third-order valence-corrected chi connectivity index (χ3v) is 4.22. The standard InChI is InChI=1S/C14H8ClF3N2S/c1-7-5-21-6-10(7)13-19-11-4-8(14(16,17)18)2-3-9(11)12(15)20-13/h2-6H,1H3. The molecule has 0 radical (unpaired) electrons. The van der Waals surface area contributed by atoms with E-state index in [2.05, 4.69) is 9.97 Å². The van der Waals surface area contributed by atoms with Crippen molar-refractivity contribution >= 4 is 33.8 Å². The van der Waals surface area contributed by atoms with Gasteiger partial charge in [-0.2, -0.15) is 24.5 Å². The number of alkyl halides is 3. The summed E-state index contributed by atoms with van der Waals surface area (Å²) in [6.45, 7) is 1.89. The maximum atomic E-state index is 12.8. The Bertz CT molecular complexity index is 827. The van der Waals surface area contributed by atoms with Crippen molar-refractivity contribution in [1.82, 2.24) is 9.97 Å². The Morgan fingerprint density at radius 2 is 1.90 bits per heavy atom. The van der Waals surface area contributed by atoms with Crippen molar-refractivity contribution in [3.8, 4) is 11.4 Å². The first-order valence-corrected chi connectivity index (χ1v) is 7.26. The summed E-state index contributed by atoms with van der Waals surface area (Å²) in [5.41, 5.74) is 1.17. The van der Waals surface area contributed by atoms with Crippen LogP contribution in [-0.2, 0) is 6.18 Å². The van der Waals surface area contributed by atoms with E-state index < -0.39 is 11.7 Å². The van der Waals surface area contributed by atoms with Gasteiger partial charge in [-0.05, 0) is 36.1 Å². The van der Waals surface area contributed by atoms with E-state index in [1.807, 2.05) is 17.7 Å². The number of halogens is 4. The van der Waals surface area contributed by atoms with Crippen LogP contribution in [0.4, 0.5) is 13.2 Å². The van der Waals surface area contributed by atoms with Gasteiger partial charge in [0.25, 0.3) is 0 Å². The summed E-state index contributed by atoms with van der Waals surface area (Å²) in [7, 11) is 0. The lowest BCUT2D eigenvalue weighted by molar-refractivity contribution is -0.137. The average molecular weight is 329 g/mol. The number of hydrogen-bond donors (Lipinski definition) is 0. The summed E-state index contributed by atoms with van der Waals surface area (Å²) < 4.78 is 38.3. The normalized spacial score (nSPS) is 12.0. The quantitative estimate of drug-likeness (QED) is 0.563. The van der Waals surface area contributed by atoms with Gasteiger partial charge in [0, 0.05) is 16.3 Å². The Kier molecular flexibility index (Phi) is 3.37. The second-order valence-corrected chi connectivity index (χ2v) is 5.64. The molecular weight excluding hydrogens is 321 g/mol. The summed E-state index contributed by atoms with van der Waals surface area (Å²) in [4.78, 5) is 8.40. The summed E-state index contributed by atoms with van der Waals surface area (Å²) in [5, 5.41) is 4.32. The van der Waals surface area contributed by atoms with Crippen molar-refractivity contribution in [3.05, 3.63) is 45.2 Å². The highest BCUT2D eigenvalue weighted by Gasteiger charge is 2.30. The molecule has 3 aromatic rings. The van der Waals surface area contributed by atoms with Crippen molar-refractivity contribution in [1.29, 1.82) is 0 Å². The van der Waals surface area contributed by atoms with E-state index in [1.165, 1.54) is 17.4 Å². The number of aromatic nitrogens is 2. The van der Waals surface area contributed by atoms with E-state index >= 15 is 0 Å². The Morgan fingerprint density at radius 3 is 2.52 bits per heavy atom. The van der Waals surface area contributed by atoms with E-state index in [9.17, 15) is 13.2 Å². The van der Waals surface area contributed by atoms with Crippen molar-refractivity contribution < 1.29 is 13.2 Å². The predicted octanol–water partition coefficient (Wildman–Crippen LogP) is 5.34. The molecule has 0 saturated carbocycles. The van der Waals surface area contributed by atoms with Gasteiger partial charge in [0.1, 0.15) is 5.15 Å². The molecule has 0 saturated heterocycles. The van der Waals surface area contributed by atoms with Gasteiger partial charge in [0.2, 0.25) is 0 Å². The van der Waals surface area contributed by atoms with Gasteiger partial charge in [0.15, 0.2) is 5.82 Å². The molecule has 0 bridgehead atoms. The summed E-state index contributed by atoms with van der Waals surface area (Å²) in [6.07, 6.45) is -4.41. The highest BCUT2D eigenvalue weighted by Crippen LogP contribution is 2.33. The van der Waals surface area contributed by atoms with Gasteiger partial charge in [0.05, 0.1) is 11.1 Å². The lowest BCUT2D eigenvalue weighted by Gasteiger charge is -2.09. The molecule has 108 valence electrons. The second kappa shape index (κ2) is 4.96. The molecule has 0 unspecified atom stereocenters. The van der Waals surface area contributed by atoms with Gasteiger partial charge in [-0.15, -0.1) is 0 Å². The zero-order valence-electron chi connectivity index (χ0n) is 10.7. The summed E-state index contributed by atoms with van der Waals surface area (Å²) >= 11 is 7.55. The van der Waals surface area contributed by atoms with Crippen molar-refractivity contribution in [2.75, 3.05) is 0 Å². The van der Waals surface area contributed by atoms with Crippen LogP contribution in [0.2, 0.25) is 5.15 Å². The van der Waals surface area contributed by atoms with Crippen molar-refractivity contribution in [2.24, 2.45) is 0 Å². The second-order valence-electron chi connectivity index (χ2n) is 4.54. The predicted molar refractivity (Wildman–Crippen MR) is 77.6 cm³/mol. The largest absolute Gasteiger partial charge is 0.416 e. The van der Waals surface area contributed by atoms with Crippen LogP contribution in [-0.4, -0.2) is 9.97 Å². The topological polar surface area (TPSA) is 25.8 Å². The van der Waals surface area contributed by atoms with E-state index in [0.29, 0.717) is 11.2 Å². The highest BCUT2D eigenvalue weighted by atomic mass is 35.5. The number of benzene rings is 1. The minimum atomic E-state index is -4.41. The van der Waals surface area contributed by atoms with Gasteiger partial charge < -0.3 is 0 Å². The number of aryl methyl sites for hydroxylation is 1. The Balaban J connectivity index is 2.24. The lowest BCUT2D eigenvalue weighted by atomic mass is 10.1. The highest BCUT2D eigenvalue weighted by molar-refractivity contribution is 7.08. The van der Waals surface area contributed by atoms with Crippen molar-refractivity contribution in [2.45, 2.75) is 13.1 Å².